The molecular formula is C18H26N4O. The zero-order valence-corrected chi connectivity index (χ0v) is 14.6. The fraction of sp³-hybridized carbons (Fsp3) is 0.444. The Morgan fingerprint density at radius 1 is 1.04 bits per heavy atom. The summed E-state index contributed by atoms with van der Waals surface area (Å²) >= 11 is 0. The molecule has 0 radical (unpaired) electrons. The lowest BCUT2D eigenvalue weighted by molar-refractivity contribution is 0.242. The Balaban J connectivity index is 2.07. The number of aromatic nitrogens is 2. The first-order chi connectivity index (χ1) is 10.9. The van der Waals surface area contributed by atoms with Crippen molar-refractivity contribution in [1.82, 2.24) is 9.97 Å². The first kappa shape index (κ1) is 17.1. The number of hydrogen-bond acceptors (Lipinski definition) is 5. The highest BCUT2D eigenvalue weighted by atomic mass is 16.5. The molecule has 0 fully saturated rings. The van der Waals surface area contributed by atoms with E-state index >= 15 is 0 Å². The molecule has 0 aliphatic rings. The summed E-state index contributed by atoms with van der Waals surface area (Å²) in [4.78, 5) is 8.94. The van der Waals surface area contributed by atoms with Gasteiger partial charge >= 0.3 is 0 Å². The third-order valence-corrected chi connectivity index (χ3v) is 3.03. The third-order valence-electron chi connectivity index (χ3n) is 3.03. The van der Waals surface area contributed by atoms with Crippen molar-refractivity contribution < 1.29 is 4.74 Å². The summed E-state index contributed by atoms with van der Waals surface area (Å²) in [6.07, 6.45) is 0.170. The fourth-order valence-electron chi connectivity index (χ4n) is 2.04. The molecule has 0 atom stereocenters. The van der Waals surface area contributed by atoms with Gasteiger partial charge in [0, 0.05) is 24.0 Å². The van der Waals surface area contributed by atoms with Gasteiger partial charge in [-0.1, -0.05) is 13.8 Å². The summed E-state index contributed by atoms with van der Waals surface area (Å²) in [5.41, 5.74) is 1.86. The predicted octanol–water partition coefficient (Wildman–Crippen LogP) is 4.38. The standard InChI is InChI=1S/C18H26N4O/c1-12(2)11-19-17-10-14(5)20-18(22-17)21-15-6-8-16(9-7-15)23-13(3)4/h6-10,12-13H,11H2,1-5H3,(H2,19,20,21,22). The molecule has 0 aliphatic carbocycles. The van der Waals surface area contributed by atoms with Crippen molar-refractivity contribution in [1.29, 1.82) is 0 Å². The molecule has 5 heteroatoms. The van der Waals surface area contributed by atoms with Crippen LogP contribution in [0.25, 0.3) is 0 Å². The average Bonchev–Trinajstić information content (AvgIpc) is 2.46. The van der Waals surface area contributed by atoms with E-state index in [0.29, 0.717) is 11.9 Å². The zero-order chi connectivity index (χ0) is 16.8. The first-order valence-electron chi connectivity index (χ1n) is 8.05. The van der Waals surface area contributed by atoms with Crippen molar-refractivity contribution >= 4 is 17.5 Å². The topological polar surface area (TPSA) is 59.1 Å². The lowest BCUT2D eigenvalue weighted by atomic mass is 10.2. The highest BCUT2D eigenvalue weighted by Crippen LogP contribution is 2.20. The first-order valence-corrected chi connectivity index (χ1v) is 8.05. The highest BCUT2D eigenvalue weighted by molar-refractivity contribution is 5.56. The number of anilines is 3. The van der Waals surface area contributed by atoms with E-state index in [1.165, 1.54) is 0 Å². The number of rotatable bonds is 7. The smallest absolute Gasteiger partial charge is 0.229 e. The zero-order valence-electron chi connectivity index (χ0n) is 14.6. The van der Waals surface area contributed by atoms with Gasteiger partial charge in [0.25, 0.3) is 0 Å². The monoisotopic (exact) mass is 314 g/mol. The quantitative estimate of drug-likeness (QED) is 0.794. The van der Waals surface area contributed by atoms with E-state index in [2.05, 4.69) is 34.4 Å². The second-order valence-electron chi connectivity index (χ2n) is 6.31. The minimum absolute atomic E-state index is 0.170. The molecule has 2 aromatic rings. The van der Waals surface area contributed by atoms with Crippen LogP contribution in [0.4, 0.5) is 17.5 Å². The van der Waals surface area contributed by atoms with Crippen LogP contribution in [0, 0.1) is 12.8 Å². The molecule has 1 heterocycles. The van der Waals surface area contributed by atoms with Gasteiger partial charge in [-0.2, -0.15) is 4.98 Å². The maximum Gasteiger partial charge on any atom is 0.229 e. The molecule has 1 aromatic heterocycles. The van der Waals surface area contributed by atoms with E-state index in [1.807, 2.05) is 51.1 Å². The molecule has 124 valence electrons. The maximum atomic E-state index is 5.64. The number of nitrogens with zero attached hydrogens (tertiary/aromatic N) is 2. The number of nitrogens with one attached hydrogen (secondary N) is 2. The van der Waals surface area contributed by atoms with Gasteiger partial charge in [-0.15, -0.1) is 0 Å². The molecule has 0 unspecified atom stereocenters. The minimum Gasteiger partial charge on any atom is -0.491 e. The van der Waals surface area contributed by atoms with Crippen molar-refractivity contribution in [2.24, 2.45) is 5.92 Å². The SMILES string of the molecule is Cc1cc(NCC(C)C)nc(Nc2ccc(OC(C)C)cc2)n1. The Bertz CT molecular complexity index is 623. The molecular weight excluding hydrogens is 288 g/mol. The minimum atomic E-state index is 0.170. The van der Waals surface area contributed by atoms with Crippen LogP contribution in [0.3, 0.4) is 0 Å². The number of hydrogen-bond donors (Lipinski definition) is 2. The van der Waals surface area contributed by atoms with Crippen molar-refractivity contribution in [3.05, 3.63) is 36.0 Å². The highest BCUT2D eigenvalue weighted by Gasteiger charge is 2.04. The van der Waals surface area contributed by atoms with Gasteiger partial charge in [-0.25, -0.2) is 4.98 Å². The van der Waals surface area contributed by atoms with Crippen molar-refractivity contribution in [2.45, 2.75) is 40.7 Å². The molecule has 2 N–H and O–H groups in total. The molecule has 0 spiro atoms. The van der Waals surface area contributed by atoms with Crippen molar-refractivity contribution in [3.63, 3.8) is 0 Å². The maximum absolute atomic E-state index is 5.64. The summed E-state index contributed by atoms with van der Waals surface area (Å²) in [5, 5.41) is 6.57. The lowest BCUT2D eigenvalue weighted by Crippen LogP contribution is -2.10. The number of aryl methyl sites for hydroxylation is 1. The number of benzene rings is 1. The van der Waals surface area contributed by atoms with E-state index in [-0.39, 0.29) is 6.10 Å². The van der Waals surface area contributed by atoms with Crippen LogP contribution >= 0.6 is 0 Å². The van der Waals surface area contributed by atoms with Crippen molar-refractivity contribution in [2.75, 3.05) is 17.2 Å². The van der Waals surface area contributed by atoms with E-state index in [4.69, 9.17) is 4.74 Å². The van der Waals surface area contributed by atoms with Crippen LogP contribution < -0.4 is 15.4 Å². The third kappa shape index (κ3) is 5.77. The molecule has 23 heavy (non-hydrogen) atoms. The van der Waals surface area contributed by atoms with Crippen LogP contribution in [0.2, 0.25) is 0 Å². The van der Waals surface area contributed by atoms with E-state index < -0.39 is 0 Å². The van der Waals surface area contributed by atoms with Crippen molar-refractivity contribution in [3.8, 4) is 5.75 Å². The second kappa shape index (κ2) is 7.81. The van der Waals surface area contributed by atoms with Crippen LogP contribution in [0.15, 0.2) is 30.3 Å². The normalized spacial score (nSPS) is 10.9. The molecule has 0 saturated heterocycles. The van der Waals surface area contributed by atoms with Crippen LogP contribution in [-0.4, -0.2) is 22.6 Å². The Hall–Kier alpha value is -2.30. The summed E-state index contributed by atoms with van der Waals surface area (Å²) in [5.74, 6) is 2.85. The van der Waals surface area contributed by atoms with Gasteiger partial charge in [0.15, 0.2) is 0 Å². The van der Waals surface area contributed by atoms with Gasteiger partial charge in [0.05, 0.1) is 6.10 Å². The van der Waals surface area contributed by atoms with Gasteiger partial charge in [0.2, 0.25) is 5.95 Å². The summed E-state index contributed by atoms with van der Waals surface area (Å²) in [6, 6.07) is 9.76. The van der Waals surface area contributed by atoms with E-state index in [9.17, 15) is 0 Å². The molecule has 2 rings (SSSR count). The lowest BCUT2D eigenvalue weighted by Gasteiger charge is -2.12. The van der Waals surface area contributed by atoms with Gasteiger partial charge in [-0.3, -0.25) is 0 Å². The number of ether oxygens (including phenoxy) is 1. The van der Waals surface area contributed by atoms with Crippen LogP contribution in [0.5, 0.6) is 5.75 Å². The predicted molar refractivity (Wildman–Crippen MR) is 95.6 cm³/mol. The van der Waals surface area contributed by atoms with Gasteiger partial charge in [-0.05, 0) is 51.0 Å². The molecule has 0 aliphatic heterocycles. The van der Waals surface area contributed by atoms with Crippen LogP contribution in [-0.2, 0) is 0 Å². The summed E-state index contributed by atoms with van der Waals surface area (Å²) in [6.45, 7) is 11.2. The summed E-state index contributed by atoms with van der Waals surface area (Å²) in [7, 11) is 0. The fourth-order valence-corrected chi connectivity index (χ4v) is 2.04. The molecule has 0 amide bonds. The second-order valence-corrected chi connectivity index (χ2v) is 6.31. The molecule has 0 bridgehead atoms. The van der Waals surface area contributed by atoms with Gasteiger partial charge < -0.3 is 15.4 Å². The Morgan fingerprint density at radius 2 is 1.74 bits per heavy atom. The summed E-state index contributed by atoms with van der Waals surface area (Å²) < 4.78 is 5.64. The van der Waals surface area contributed by atoms with Crippen LogP contribution in [0.1, 0.15) is 33.4 Å². The Kier molecular flexibility index (Phi) is 5.79. The van der Waals surface area contributed by atoms with Gasteiger partial charge in [0.1, 0.15) is 11.6 Å². The average molecular weight is 314 g/mol. The molecule has 1 aromatic carbocycles. The largest absolute Gasteiger partial charge is 0.491 e. The molecule has 5 nitrogen and oxygen atoms in total. The van der Waals surface area contributed by atoms with E-state index in [1.54, 1.807) is 0 Å². The Labute approximate surface area is 138 Å². The van der Waals surface area contributed by atoms with E-state index in [0.717, 1.165) is 29.5 Å². The molecule has 0 saturated carbocycles. The Morgan fingerprint density at radius 3 is 2.35 bits per heavy atom.